The molecule has 92 valence electrons. The molecule has 17 heavy (non-hydrogen) atoms. The average molecular weight is 307 g/mol. The smallest absolute Gasteiger partial charge is 0.294 e. The number of rotatable bonds is 4. The predicted octanol–water partition coefficient (Wildman–Crippen LogP) is 4.62. The average Bonchev–Trinajstić information content (AvgIpc) is 2.24. The third-order valence-electron chi connectivity index (χ3n) is 2.17. The van der Waals surface area contributed by atoms with Gasteiger partial charge in [-0.05, 0) is 24.6 Å². The lowest BCUT2D eigenvalue weighted by atomic mass is 10.0. The molecule has 0 N–H and O–H groups in total. The molecule has 0 saturated heterocycles. The van der Waals surface area contributed by atoms with Crippen LogP contribution in [0.2, 0.25) is 0 Å². The second-order valence-electron chi connectivity index (χ2n) is 3.44. The van der Waals surface area contributed by atoms with Gasteiger partial charge in [-0.15, -0.1) is 6.58 Å². The van der Waals surface area contributed by atoms with Crippen molar-refractivity contribution in [2.75, 3.05) is 0 Å². The molecule has 0 aliphatic rings. The van der Waals surface area contributed by atoms with Gasteiger partial charge in [-0.25, -0.2) is 0 Å². The summed E-state index contributed by atoms with van der Waals surface area (Å²) in [5.74, 6) is -0.331. The van der Waals surface area contributed by atoms with E-state index in [0.717, 1.165) is 12.1 Å². The lowest BCUT2D eigenvalue weighted by molar-refractivity contribution is -0.137. The topological polar surface area (TPSA) is 17.1 Å². The minimum atomic E-state index is -4.44. The van der Waals surface area contributed by atoms with Crippen LogP contribution in [0, 0.1) is 0 Å². The molecule has 0 atom stereocenters. The first-order chi connectivity index (χ1) is 7.86. The van der Waals surface area contributed by atoms with E-state index in [0.29, 0.717) is 10.9 Å². The monoisotopic (exact) mass is 306 g/mol. The summed E-state index contributed by atoms with van der Waals surface area (Å²) < 4.78 is 37.8. The number of hydrogen-bond donors (Lipinski definition) is 0. The van der Waals surface area contributed by atoms with E-state index in [1.807, 2.05) is 0 Å². The van der Waals surface area contributed by atoms with Gasteiger partial charge in [-0.3, -0.25) is 4.79 Å². The molecule has 5 heteroatoms. The van der Waals surface area contributed by atoms with Crippen molar-refractivity contribution < 1.29 is 18.0 Å². The van der Waals surface area contributed by atoms with Crippen LogP contribution < -0.4 is 0 Å². The Bertz CT molecular complexity index is 438. The molecular formula is C12H10BrF3O. The number of Topliss-reactive ketones (excluding diaryl/α,β-unsaturated/α-hetero) is 1. The fraction of sp³-hybridized carbons (Fsp3) is 0.250. The van der Waals surface area contributed by atoms with E-state index >= 15 is 0 Å². The number of halogens is 4. The Balaban J connectivity index is 3.06. The van der Waals surface area contributed by atoms with Gasteiger partial charge in [0.25, 0.3) is 0 Å². The molecule has 0 saturated carbocycles. The first-order valence-corrected chi connectivity index (χ1v) is 5.66. The molecule has 0 radical (unpaired) electrons. The summed E-state index contributed by atoms with van der Waals surface area (Å²) >= 11 is 3.08. The number of hydrogen-bond acceptors (Lipinski definition) is 1. The highest BCUT2D eigenvalue weighted by Gasteiger charge is 2.31. The van der Waals surface area contributed by atoms with Crippen LogP contribution in [0.4, 0.5) is 13.2 Å². The Labute approximate surface area is 105 Å². The maximum atomic E-state index is 12.5. The zero-order valence-electron chi connectivity index (χ0n) is 8.85. The van der Waals surface area contributed by atoms with Crippen LogP contribution in [0.25, 0.3) is 0 Å². The van der Waals surface area contributed by atoms with Crippen LogP contribution in [0.15, 0.2) is 35.3 Å². The van der Waals surface area contributed by atoms with Gasteiger partial charge in [0.15, 0.2) is 5.78 Å². The van der Waals surface area contributed by atoms with Crippen molar-refractivity contribution in [2.45, 2.75) is 19.0 Å². The second-order valence-corrected chi connectivity index (χ2v) is 4.30. The molecular weight excluding hydrogens is 297 g/mol. The van der Waals surface area contributed by atoms with Crippen molar-refractivity contribution in [3.8, 4) is 0 Å². The molecule has 0 aliphatic carbocycles. The second kappa shape index (κ2) is 5.49. The zero-order valence-corrected chi connectivity index (χ0v) is 10.4. The Morgan fingerprint density at radius 3 is 2.59 bits per heavy atom. The first-order valence-electron chi connectivity index (χ1n) is 4.87. The summed E-state index contributed by atoms with van der Waals surface area (Å²) in [5, 5.41) is 0. The summed E-state index contributed by atoms with van der Waals surface area (Å²) in [7, 11) is 0. The van der Waals surface area contributed by atoms with E-state index in [9.17, 15) is 18.0 Å². The van der Waals surface area contributed by atoms with E-state index in [1.54, 1.807) is 6.08 Å². The molecule has 0 aromatic heterocycles. The predicted molar refractivity (Wildman–Crippen MR) is 62.9 cm³/mol. The molecule has 0 fully saturated rings. The minimum absolute atomic E-state index is 0.0571. The van der Waals surface area contributed by atoms with Crippen LogP contribution in [0.3, 0.4) is 0 Å². The van der Waals surface area contributed by atoms with Gasteiger partial charge in [-0.2, -0.15) is 13.2 Å². The van der Waals surface area contributed by atoms with Crippen LogP contribution in [-0.2, 0) is 6.18 Å². The molecule has 1 rings (SSSR count). The molecule has 0 bridgehead atoms. The Morgan fingerprint density at radius 1 is 1.41 bits per heavy atom. The van der Waals surface area contributed by atoms with E-state index in [2.05, 4.69) is 22.5 Å². The van der Waals surface area contributed by atoms with Crippen molar-refractivity contribution in [2.24, 2.45) is 0 Å². The molecule has 0 heterocycles. The standard InChI is InChI=1S/C12H10BrF3O/c1-2-3-4-11(17)9-7-8(12(14,15)16)5-6-10(9)13/h2,5-7H,1,3-4H2. The highest BCUT2D eigenvalue weighted by molar-refractivity contribution is 9.10. The van der Waals surface area contributed by atoms with Gasteiger partial charge in [-0.1, -0.05) is 22.0 Å². The van der Waals surface area contributed by atoms with E-state index in [4.69, 9.17) is 0 Å². The Kier molecular flexibility index (Phi) is 4.51. The zero-order chi connectivity index (χ0) is 13.1. The molecule has 0 amide bonds. The normalized spacial score (nSPS) is 11.3. The van der Waals surface area contributed by atoms with Gasteiger partial charge >= 0.3 is 6.18 Å². The first kappa shape index (κ1) is 14.0. The van der Waals surface area contributed by atoms with Gasteiger partial charge in [0.1, 0.15) is 0 Å². The molecule has 1 aromatic carbocycles. The highest BCUT2D eigenvalue weighted by atomic mass is 79.9. The summed E-state index contributed by atoms with van der Waals surface area (Å²) in [5.41, 5.74) is -0.760. The minimum Gasteiger partial charge on any atom is -0.294 e. The Hall–Kier alpha value is -1.10. The number of allylic oxidation sites excluding steroid dienone is 1. The number of carbonyl (C=O) groups excluding carboxylic acids is 1. The lowest BCUT2D eigenvalue weighted by Gasteiger charge is -2.09. The molecule has 1 nitrogen and oxygen atoms in total. The quantitative estimate of drug-likeness (QED) is 0.586. The van der Waals surface area contributed by atoms with E-state index in [1.165, 1.54) is 6.07 Å². The SMILES string of the molecule is C=CCCC(=O)c1cc(C(F)(F)F)ccc1Br. The number of alkyl halides is 3. The van der Waals surface area contributed by atoms with Crippen molar-refractivity contribution in [1.29, 1.82) is 0 Å². The summed E-state index contributed by atoms with van der Waals surface area (Å²) in [6.45, 7) is 3.46. The third kappa shape index (κ3) is 3.70. The highest BCUT2D eigenvalue weighted by Crippen LogP contribution is 2.32. The summed E-state index contributed by atoms with van der Waals surface area (Å²) in [6, 6.07) is 3.05. The van der Waals surface area contributed by atoms with Gasteiger partial charge in [0, 0.05) is 16.5 Å². The Morgan fingerprint density at radius 2 is 2.06 bits per heavy atom. The molecule has 0 aliphatic heterocycles. The fourth-order valence-corrected chi connectivity index (χ4v) is 1.75. The van der Waals surface area contributed by atoms with Crippen LogP contribution in [0.5, 0.6) is 0 Å². The molecule has 0 spiro atoms. The van der Waals surface area contributed by atoms with Crippen LogP contribution >= 0.6 is 15.9 Å². The van der Waals surface area contributed by atoms with Gasteiger partial charge in [0.05, 0.1) is 5.56 Å². The third-order valence-corrected chi connectivity index (χ3v) is 2.86. The molecule has 1 aromatic rings. The van der Waals surface area contributed by atoms with Crippen molar-refractivity contribution in [3.63, 3.8) is 0 Å². The fourth-order valence-electron chi connectivity index (χ4n) is 1.28. The molecule has 0 unspecified atom stereocenters. The van der Waals surface area contributed by atoms with E-state index in [-0.39, 0.29) is 17.8 Å². The van der Waals surface area contributed by atoms with Gasteiger partial charge < -0.3 is 0 Å². The van der Waals surface area contributed by atoms with Crippen LogP contribution in [0.1, 0.15) is 28.8 Å². The number of carbonyl (C=O) groups is 1. The summed E-state index contributed by atoms with van der Waals surface area (Å²) in [6.07, 6.45) is -2.28. The maximum absolute atomic E-state index is 12.5. The number of benzene rings is 1. The lowest BCUT2D eigenvalue weighted by Crippen LogP contribution is -2.08. The van der Waals surface area contributed by atoms with Crippen LogP contribution in [-0.4, -0.2) is 5.78 Å². The van der Waals surface area contributed by atoms with Crippen molar-refractivity contribution >= 4 is 21.7 Å². The van der Waals surface area contributed by atoms with Gasteiger partial charge in [0.2, 0.25) is 0 Å². The van der Waals surface area contributed by atoms with Crippen molar-refractivity contribution in [3.05, 3.63) is 46.5 Å². The van der Waals surface area contributed by atoms with Crippen molar-refractivity contribution in [1.82, 2.24) is 0 Å². The maximum Gasteiger partial charge on any atom is 0.416 e. The number of ketones is 1. The van der Waals surface area contributed by atoms with E-state index < -0.39 is 11.7 Å². The largest absolute Gasteiger partial charge is 0.416 e. The summed E-state index contributed by atoms with van der Waals surface area (Å²) in [4.78, 5) is 11.7.